The minimum absolute atomic E-state index is 0.00257. The van der Waals surface area contributed by atoms with Gasteiger partial charge in [-0.15, -0.1) is 0 Å². The molecule has 102 valence electrons. The van der Waals surface area contributed by atoms with Crippen LogP contribution in [0.25, 0.3) is 0 Å². The first-order valence-electron chi connectivity index (χ1n) is 6.44. The summed E-state index contributed by atoms with van der Waals surface area (Å²) < 4.78 is 10.8. The van der Waals surface area contributed by atoms with Crippen LogP contribution in [0.15, 0.2) is 4.42 Å². The Morgan fingerprint density at radius 1 is 1.50 bits per heavy atom. The third-order valence-electron chi connectivity index (χ3n) is 2.51. The lowest BCUT2D eigenvalue weighted by molar-refractivity contribution is 0.0614. The lowest BCUT2D eigenvalue weighted by Crippen LogP contribution is -2.32. The molecule has 0 saturated carbocycles. The zero-order valence-electron chi connectivity index (χ0n) is 11.6. The molecule has 1 heterocycles. The monoisotopic (exact) mass is 254 g/mol. The van der Waals surface area contributed by atoms with Crippen molar-refractivity contribution >= 4 is 5.91 Å². The van der Waals surface area contributed by atoms with Crippen LogP contribution in [0.2, 0.25) is 0 Å². The van der Waals surface area contributed by atoms with Crippen molar-refractivity contribution in [3.63, 3.8) is 0 Å². The van der Waals surface area contributed by atoms with Gasteiger partial charge in [0.05, 0.1) is 11.8 Å². The Kier molecular flexibility index (Phi) is 5.85. The van der Waals surface area contributed by atoms with Crippen molar-refractivity contribution in [2.24, 2.45) is 0 Å². The molecule has 1 atom stereocenters. The number of aryl methyl sites for hydroxylation is 2. The molecule has 1 aromatic heterocycles. The third-order valence-corrected chi connectivity index (χ3v) is 2.51. The average molecular weight is 254 g/mol. The Morgan fingerprint density at radius 3 is 2.78 bits per heavy atom. The van der Waals surface area contributed by atoms with Gasteiger partial charge in [-0.25, -0.2) is 4.98 Å². The second kappa shape index (κ2) is 7.16. The average Bonchev–Trinajstić information content (AvgIpc) is 2.74. The first kappa shape index (κ1) is 14.7. The van der Waals surface area contributed by atoms with Crippen molar-refractivity contribution in [1.82, 2.24) is 10.3 Å². The van der Waals surface area contributed by atoms with Crippen molar-refractivity contribution in [1.29, 1.82) is 0 Å². The van der Waals surface area contributed by atoms with E-state index in [9.17, 15) is 4.79 Å². The number of amides is 1. The summed E-state index contributed by atoms with van der Waals surface area (Å²) in [6.45, 7) is 8.87. The van der Waals surface area contributed by atoms with Crippen molar-refractivity contribution in [2.45, 2.75) is 46.6 Å². The molecule has 0 aliphatic carbocycles. The number of aromatic nitrogens is 1. The highest BCUT2D eigenvalue weighted by Crippen LogP contribution is 2.10. The maximum atomic E-state index is 11.9. The Labute approximate surface area is 108 Å². The van der Waals surface area contributed by atoms with Crippen LogP contribution in [0.3, 0.4) is 0 Å². The van der Waals surface area contributed by atoms with Gasteiger partial charge in [0.2, 0.25) is 5.76 Å². The fraction of sp³-hybridized carbons (Fsp3) is 0.692. The highest BCUT2D eigenvalue weighted by Gasteiger charge is 2.17. The molecule has 0 fully saturated rings. The topological polar surface area (TPSA) is 64.4 Å². The quantitative estimate of drug-likeness (QED) is 0.809. The second-order valence-electron chi connectivity index (χ2n) is 4.27. The van der Waals surface area contributed by atoms with E-state index in [1.165, 1.54) is 0 Å². The van der Waals surface area contributed by atoms with E-state index in [1.54, 1.807) is 6.92 Å². The first-order chi connectivity index (χ1) is 8.58. The summed E-state index contributed by atoms with van der Waals surface area (Å²) in [6, 6.07) is 0. The van der Waals surface area contributed by atoms with Gasteiger partial charge in [-0.2, -0.15) is 0 Å². The SMILES string of the molecule is CCCOC(C)CNC(=O)c1oc(CC)nc1C. The van der Waals surface area contributed by atoms with Gasteiger partial charge in [0.1, 0.15) is 0 Å². The van der Waals surface area contributed by atoms with E-state index in [1.807, 2.05) is 13.8 Å². The van der Waals surface area contributed by atoms with E-state index in [4.69, 9.17) is 9.15 Å². The smallest absolute Gasteiger partial charge is 0.289 e. The zero-order chi connectivity index (χ0) is 13.5. The summed E-state index contributed by atoms with van der Waals surface area (Å²) in [5, 5.41) is 2.79. The third kappa shape index (κ3) is 4.14. The number of hydrogen-bond donors (Lipinski definition) is 1. The Balaban J connectivity index is 2.47. The van der Waals surface area contributed by atoms with Gasteiger partial charge in [0.25, 0.3) is 5.91 Å². The Morgan fingerprint density at radius 2 is 2.22 bits per heavy atom. The number of ether oxygens (including phenoxy) is 1. The molecule has 0 bridgehead atoms. The highest BCUT2D eigenvalue weighted by molar-refractivity contribution is 5.92. The second-order valence-corrected chi connectivity index (χ2v) is 4.27. The molecular weight excluding hydrogens is 232 g/mol. The fourth-order valence-corrected chi connectivity index (χ4v) is 1.51. The number of rotatable bonds is 7. The van der Waals surface area contributed by atoms with Gasteiger partial charge in [-0.05, 0) is 20.3 Å². The molecule has 1 aromatic rings. The molecule has 1 amide bonds. The van der Waals surface area contributed by atoms with Gasteiger partial charge in [0.15, 0.2) is 5.89 Å². The van der Waals surface area contributed by atoms with E-state index in [0.29, 0.717) is 36.9 Å². The molecule has 0 aliphatic rings. The van der Waals surface area contributed by atoms with Crippen LogP contribution in [-0.4, -0.2) is 30.1 Å². The molecular formula is C13H22N2O3. The van der Waals surface area contributed by atoms with Crippen LogP contribution in [-0.2, 0) is 11.2 Å². The summed E-state index contributed by atoms with van der Waals surface area (Å²) in [4.78, 5) is 16.0. The number of hydrogen-bond acceptors (Lipinski definition) is 4. The molecule has 5 heteroatoms. The van der Waals surface area contributed by atoms with E-state index in [0.717, 1.165) is 6.42 Å². The minimum Gasteiger partial charge on any atom is -0.435 e. The summed E-state index contributed by atoms with van der Waals surface area (Å²) in [5.74, 6) is 0.661. The summed E-state index contributed by atoms with van der Waals surface area (Å²) in [6.07, 6.45) is 1.66. The number of nitrogens with one attached hydrogen (secondary N) is 1. The predicted octanol–water partition coefficient (Wildman–Crippen LogP) is 2.09. The Bertz CT molecular complexity index is 388. The molecule has 0 radical (unpaired) electrons. The molecule has 5 nitrogen and oxygen atoms in total. The molecule has 0 aromatic carbocycles. The molecule has 0 aliphatic heterocycles. The van der Waals surface area contributed by atoms with Gasteiger partial charge in [-0.3, -0.25) is 4.79 Å². The molecule has 18 heavy (non-hydrogen) atoms. The van der Waals surface area contributed by atoms with E-state index >= 15 is 0 Å². The minimum atomic E-state index is -0.230. The van der Waals surface area contributed by atoms with Crippen LogP contribution >= 0.6 is 0 Å². The van der Waals surface area contributed by atoms with Crippen LogP contribution in [0.1, 0.15) is 49.3 Å². The summed E-state index contributed by atoms with van der Waals surface area (Å²) >= 11 is 0. The van der Waals surface area contributed by atoms with Crippen LogP contribution in [0.4, 0.5) is 0 Å². The summed E-state index contributed by atoms with van der Waals surface area (Å²) in [7, 11) is 0. The highest BCUT2D eigenvalue weighted by atomic mass is 16.5. The number of carbonyl (C=O) groups is 1. The van der Waals surface area contributed by atoms with Crippen molar-refractivity contribution in [3.05, 3.63) is 17.3 Å². The van der Waals surface area contributed by atoms with Crippen molar-refractivity contribution in [2.75, 3.05) is 13.2 Å². The van der Waals surface area contributed by atoms with Gasteiger partial charge in [0, 0.05) is 19.6 Å². The first-order valence-corrected chi connectivity index (χ1v) is 6.44. The van der Waals surface area contributed by atoms with Crippen LogP contribution in [0.5, 0.6) is 0 Å². The largest absolute Gasteiger partial charge is 0.435 e. The summed E-state index contributed by atoms with van der Waals surface area (Å²) in [5.41, 5.74) is 0.631. The lowest BCUT2D eigenvalue weighted by atomic mass is 10.3. The van der Waals surface area contributed by atoms with Crippen molar-refractivity contribution < 1.29 is 13.9 Å². The normalized spacial score (nSPS) is 12.4. The zero-order valence-corrected chi connectivity index (χ0v) is 11.6. The number of carbonyl (C=O) groups excluding carboxylic acids is 1. The van der Waals surface area contributed by atoms with E-state index in [2.05, 4.69) is 17.2 Å². The van der Waals surface area contributed by atoms with Gasteiger partial charge in [-0.1, -0.05) is 13.8 Å². The molecule has 1 rings (SSSR count). The number of oxazole rings is 1. The standard InChI is InChI=1S/C13H22N2O3/c1-5-7-17-9(3)8-14-13(16)12-10(4)15-11(6-2)18-12/h9H,5-8H2,1-4H3,(H,14,16). The maximum absolute atomic E-state index is 11.9. The van der Waals surface area contributed by atoms with Crippen molar-refractivity contribution in [3.8, 4) is 0 Å². The molecule has 1 unspecified atom stereocenters. The van der Waals surface area contributed by atoms with Crippen LogP contribution < -0.4 is 5.32 Å². The predicted molar refractivity (Wildman–Crippen MR) is 68.7 cm³/mol. The molecule has 0 saturated heterocycles. The van der Waals surface area contributed by atoms with E-state index in [-0.39, 0.29) is 12.0 Å². The molecule has 1 N–H and O–H groups in total. The van der Waals surface area contributed by atoms with Crippen LogP contribution in [0, 0.1) is 6.92 Å². The number of nitrogens with zero attached hydrogens (tertiary/aromatic N) is 1. The van der Waals surface area contributed by atoms with Gasteiger partial charge < -0.3 is 14.5 Å². The van der Waals surface area contributed by atoms with E-state index < -0.39 is 0 Å². The Hall–Kier alpha value is -1.36. The van der Waals surface area contributed by atoms with Gasteiger partial charge >= 0.3 is 0 Å². The maximum Gasteiger partial charge on any atom is 0.289 e. The molecule has 0 spiro atoms. The fourth-order valence-electron chi connectivity index (χ4n) is 1.51. The lowest BCUT2D eigenvalue weighted by Gasteiger charge is -2.12.